The maximum atomic E-state index is 5.59. The summed E-state index contributed by atoms with van der Waals surface area (Å²) in [5, 5.41) is 0. The number of fused-ring (bicyclic) bond motifs is 1. The molecule has 2 aromatic heterocycles. The van der Waals surface area contributed by atoms with Crippen LogP contribution >= 0.6 is 0 Å². The number of aryl methyl sites for hydroxylation is 2. The number of aromatic nitrogens is 3. The number of hydrogen-bond acceptors (Lipinski definition) is 5. The van der Waals surface area contributed by atoms with Gasteiger partial charge in [0.15, 0.2) is 5.82 Å². The predicted molar refractivity (Wildman–Crippen MR) is 74.5 cm³/mol. The van der Waals surface area contributed by atoms with Crippen LogP contribution in [-0.2, 0) is 12.8 Å². The molecule has 0 amide bonds. The molecular weight excluding hydrogens is 238 g/mol. The molecule has 2 aromatic rings. The van der Waals surface area contributed by atoms with E-state index >= 15 is 0 Å². The minimum Gasteiger partial charge on any atom is -0.308 e. The van der Waals surface area contributed by atoms with Crippen LogP contribution in [0.3, 0.4) is 0 Å². The van der Waals surface area contributed by atoms with Crippen LogP contribution in [0.5, 0.6) is 0 Å². The molecule has 0 radical (unpaired) electrons. The SMILES string of the molecule is Cc1cccc(-c2nc3c(c(NN)n2)CCCC3)n1. The maximum Gasteiger partial charge on any atom is 0.180 e. The van der Waals surface area contributed by atoms with Crippen LogP contribution in [0.25, 0.3) is 11.5 Å². The Hall–Kier alpha value is -2.01. The number of pyridine rings is 1. The lowest BCUT2D eigenvalue weighted by atomic mass is 9.96. The lowest BCUT2D eigenvalue weighted by Crippen LogP contribution is -2.17. The van der Waals surface area contributed by atoms with Gasteiger partial charge in [0, 0.05) is 17.0 Å². The minimum atomic E-state index is 0.650. The lowest BCUT2D eigenvalue weighted by molar-refractivity contribution is 0.664. The quantitative estimate of drug-likeness (QED) is 0.634. The molecule has 19 heavy (non-hydrogen) atoms. The average Bonchev–Trinajstić information content (AvgIpc) is 2.46. The van der Waals surface area contributed by atoms with Crippen molar-refractivity contribution >= 4 is 5.82 Å². The van der Waals surface area contributed by atoms with Crippen molar-refractivity contribution in [3.05, 3.63) is 35.2 Å². The zero-order valence-corrected chi connectivity index (χ0v) is 11.0. The van der Waals surface area contributed by atoms with Crippen molar-refractivity contribution < 1.29 is 0 Å². The van der Waals surface area contributed by atoms with Crippen molar-refractivity contribution in [3.63, 3.8) is 0 Å². The van der Waals surface area contributed by atoms with E-state index in [0.29, 0.717) is 5.82 Å². The molecule has 0 fully saturated rings. The highest BCUT2D eigenvalue weighted by molar-refractivity contribution is 5.57. The van der Waals surface area contributed by atoms with Crippen molar-refractivity contribution in [2.24, 2.45) is 5.84 Å². The molecule has 0 spiro atoms. The van der Waals surface area contributed by atoms with Crippen molar-refractivity contribution in [1.29, 1.82) is 0 Å². The Morgan fingerprint density at radius 3 is 2.74 bits per heavy atom. The first kappa shape index (κ1) is 12.0. The molecule has 0 saturated carbocycles. The van der Waals surface area contributed by atoms with Crippen LogP contribution in [0.1, 0.15) is 29.8 Å². The lowest BCUT2D eigenvalue weighted by Gasteiger charge is -2.18. The van der Waals surface area contributed by atoms with E-state index in [1.165, 1.54) is 12.8 Å². The second-order valence-electron chi connectivity index (χ2n) is 4.84. The Morgan fingerprint density at radius 1 is 1.11 bits per heavy atom. The van der Waals surface area contributed by atoms with Crippen LogP contribution in [0.2, 0.25) is 0 Å². The number of nitrogens with zero attached hydrogens (tertiary/aromatic N) is 3. The summed E-state index contributed by atoms with van der Waals surface area (Å²) in [7, 11) is 0. The molecule has 0 saturated heterocycles. The smallest absolute Gasteiger partial charge is 0.180 e. The topological polar surface area (TPSA) is 76.7 Å². The van der Waals surface area contributed by atoms with Crippen molar-refractivity contribution in [3.8, 4) is 11.5 Å². The Bertz CT molecular complexity index is 592. The van der Waals surface area contributed by atoms with Crippen molar-refractivity contribution in [2.75, 3.05) is 5.43 Å². The monoisotopic (exact) mass is 255 g/mol. The zero-order valence-electron chi connectivity index (χ0n) is 11.0. The molecule has 0 aromatic carbocycles. The fourth-order valence-corrected chi connectivity index (χ4v) is 2.50. The van der Waals surface area contributed by atoms with Crippen LogP contribution in [0.15, 0.2) is 18.2 Å². The van der Waals surface area contributed by atoms with Gasteiger partial charge >= 0.3 is 0 Å². The van der Waals surface area contributed by atoms with Crippen LogP contribution in [0, 0.1) is 6.92 Å². The fraction of sp³-hybridized carbons (Fsp3) is 0.357. The van der Waals surface area contributed by atoms with E-state index < -0.39 is 0 Å². The van der Waals surface area contributed by atoms with Gasteiger partial charge in [0.05, 0.1) is 0 Å². The fourth-order valence-electron chi connectivity index (χ4n) is 2.50. The van der Waals surface area contributed by atoms with E-state index in [4.69, 9.17) is 5.84 Å². The zero-order chi connectivity index (χ0) is 13.2. The molecule has 5 heteroatoms. The van der Waals surface area contributed by atoms with Gasteiger partial charge in [-0.05, 0) is 44.7 Å². The maximum absolute atomic E-state index is 5.59. The molecule has 0 unspecified atom stereocenters. The van der Waals surface area contributed by atoms with Gasteiger partial charge in [-0.1, -0.05) is 6.07 Å². The summed E-state index contributed by atoms with van der Waals surface area (Å²) in [4.78, 5) is 13.6. The Kier molecular flexibility index (Phi) is 3.13. The highest BCUT2D eigenvalue weighted by atomic mass is 15.3. The molecule has 3 N–H and O–H groups in total. The third-order valence-corrected chi connectivity index (χ3v) is 3.44. The molecule has 1 aliphatic rings. The third kappa shape index (κ3) is 2.29. The van der Waals surface area contributed by atoms with Crippen molar-refractivity contribution in [1.82, 2.24) is 15.0 Å². The summed E-state index contributed by atoms with van der Waals surface area (Å²) in [5.74, 6) is 6.98. The average molecular weight is 255 g/mol. The molecule has 0 atom stereocenters. The Morgan fingerprint density at radius 2 is 1.95 bits per heavy atom. The molecule has 5 nitrogen and oxygen atoms in total. The molecule has 0 aliphatic heterocycles. The number of nitrogens with one attached hydrogen (secondary N) is 1. The van der Waals surface area contributed by atoms with Gasteiger partial charge in [-0.3, -0.25) is 0 Å². The molecule has 0 bridgehead atoms. The van der Waals surface area contributed by atoms with E-state index in [9.17, 15) is 0 Å². The van der Waals surface area contributed by atoms with E-state index in [1.54, 1.807) is 0 Å². The third-order valence-electron chi connectivity index (χ3n) is 3.44. The first-order valence-corrected chi connectivity index (χ1v) is 6.58. The van der Waals surface area contributed by atoms with E-state index in [-0.39, 0.29) is 0 Å². The first-order valence-electron chi connectivity index (χ1n) is 6.58. The van der Waals surface area contributed by atoms with Crippen LogP contribution < -0.4 is 11.3 Å². The molecule has 98 valence electrons. The first-order chi connectivity index (χ1) is 9.28. The number of nitrogen functional groups attached to an aromatic ring is 1. The van der Waals surface area contributed by atoms with Gasteiger partial charge < -0.3 is 5.43 Å². The summed E-state index contributed by atoms with van der Waals surface area (Å²) in [6, 6.07) is 5.86. The number of nitrogens with two attached hydrogens (primary N) is 1. The number of hydrazine groups is 1. The molecule has 3 rings (SSSR count). The summed E-state index contributed by atoms with van der Waals surface area (Å²) in [6.45, 7) is 1.96. The normalized spacial score (nSPS) is 14.0. The van der Waals surface area contributed by atoms with Gasteiger partial charge in [-0.25, -0.2) is 20.8 Å². The summed E-state index contributed by atoms with van der Waals surface area (Å²) >= 11 is 0. The van der Waals surface area contributed by atoms with Gasteiger partial charge in [-0.2, -0.15) is 0 Å². The highest BCUT2D eigenvalue weighted by Gasteiger charge is 2.18. The number of rotatable bonds is 2. The second-order valence-corrected chi connectivity index (χ2v) is 4.84. The highest BCUT2D eigenvalue weighted by Crippen LogP contribution is 2.27. The summed E-state index contributed by atoms with van der Waals surface area (Å²) < 4.78 is 0. The number of anilines is 1. The standard InChI is InChI=1S/C14H17N5/c1-9-5-4-8-12(16-9)14-17-11-7-3-2-6-10(11)13(18-14)19-15/h4-5,8H,2-3,6-7,15H2,1H3,(H,17,18,19). The summed E-state index contributed by atoms with van der Waals surface area (Å²) in [5.41, 5.74) is 6.72. The molecule has 2 heterocycles. The van der Waals surface area contributed by atoms with Crippen LogP contribution in [-0.4, -0.2) is 15.0 Å². The van der Waals surface area contributed by atoms with E-state index in [0.717, 1.165) is 41.3 Å². The molecular formula is C14H17N5. The second kappa shape index (κ2) is 4.93. The number of hydrogen-bond donors (Lipinski definition) is 2. The predicted octanol–water partition coefficient (Wildman–Crippen LogP) is 2.01. The van der Waals surface area contributed by atoms with E-state index in [2.05, 4.69) is 20.4 Å². The molecule has 1 aliphatic carbocycles. The van der Waals surface area contributed by atoms with Gasteiger partial charge in [0.25, 0.3) is 0 Å². The van der Waals surface area contributed by atoms with Gasteiger partial charge in [-0.15, -0.1) is 0 Å². The Balaban J connectivity index is 2.12. The summed E-state index contributed by atoms with van der Waals surface area (Å²) in [6.07, 6.45) is 4.34. The Labute approximate surface area is 112 Å². The van der Waals surface area contributed by atoms with Crippen molar-refractivity contribution in [2.45, 2.75) is 32.6 Å². The van der Waals surface area contributed by atoms with Gasteiger partial charge in [0.2, 0.25) is 0 Å². The minimum absolute atomic E-state index is 0.650. The van der Waals surface area contributed by atoms with Gasteiger partial charge in [0.1, 0.15) is 11.5 Å². The van der Waals surface area contributed by atoms with E-state index in [1.807, 2.05) is 25.1 Å². The largest absolute Gasteiger partial charge is 0.308 e. The van der Waals surface area contributed by atoms with Crippen LogP contribution in [0.4, 0.5) is 5.82 Å².